The number of benzene rings is 2. The fraction of sp³-hybridized carbons (Fsp3) is 0.167. The maximum absolute atomic E-state index is 12.1. The Morgan fingerprint density at radius 3 is 2.71 bits per heavy atom. The summed E-state index contributed by atoms with van der Waals surface area (Å²) < 4.78 is 28.2. The zero-order chi connectivity index (χ0) is 16.7. The SMILES string of the molecule is O=S1(=O)CCCN2C=C(Cl)C=C(c3ccc4ccccc4c3)C2=N1. The summed E-state index contributed by atoms with van der Waals surface area (Å²) >= 11 is 6.26. The van der Waals surface area contributed by atoms with Crippen LogP contribution in [0, 0.1) is 0 Å². The maximum Gasteiger partial charge on any atom is 0.255 e. The Hall–Kier alpha value is -2.11. The highest BCUT2D eigenvalue weighted by Gasteiger charge is 2.26. The Morgan fingerprint density at radius 1 is 1.08 bits per heavy atom. The molecular formula is C18H15ClN2O2S. The van der Waals surface area contributed by atoms with Crippen LogP contribution in [0.2, 0.25) is 0 Å². The van der Waals surface area contributed by atoms with Gasteiger partial charge < -0.3 is 4.90 Å². The number of halogens is 1. The Kier molecular flexibility index (Phi) is 3.70. The van der Waals surface area contributed by atoms with Gasteiger partial charge in [-0.2, -0.15) is 0 Å². The first-order valence-corrected chi connectivity index (χ1v) is 9.68. The van der Waals surface area contributed by atoms with E-state index in [9.17, 15) is 8.42 Å². The summed E-state index contributed by atoms with van der Waals surface area (Å²) in [5.41, 5.74) is 1.64. The molecule has 0 aromatic heterocycles. The third-order valence-corrected chi connectivity index (χ3v) is 5.62. The molecule has 24 heavy (non-hydrogen) atoms. The van der Waals surface area contributed by atoms with Crippen molar-refractivity contribution in [2.24, 2.45) is 4.40 Å². The van der Waals surface area contributed by atoms with Crippen molar-refractivity contribution in [3.8, 4) is 0 Å². The summed E-state index contributed by atoms with van der Waals surface area (Å²) in [4.78, 5) is 1.83. The van der Waals surface area contributed by atoms with E-state index in [1.165, 1.54) is 0 Å². The van der Waals surface area contributed by atoms with Gasteiger partial charge in [0.1, 0.15) is 0 Å². The lowest BCUT2D eigenvalue weighted by Gasteiger charge is -2.26. The van der Waals surface area contributed by atoms with Crippen molar-refractivity contribution in [1.82, 2.24) is 4.90 Å². The Bertz CT molecular complexity index is 1020. The molecule has 0 bridgehead atoms. The zero-order valence-corrected chi connectivity index (χ0v) is 14.4. The van der Waals surface area contributed by atoms with Gasteiger partial charge in [-0.25, -0.2) is 8.42 Å². The van der Waals surface area contributed by atoms with Gasteiger partial charge in [0.25, 0.3) is 10.0 Å². The third-order valence-electron chi connectivity index (χ3n) is 4.16. The van der Waals surface area contributed by atoms with Crippen LogP contribution in [0.15, 0.2) is 64.2 Å². The molecule has 0 unspecified atom stereocenters. The van der Waals surface area contributed by atoms with Crippen LogP contribution in [0.4, 0.5) is 0 Å². The van der Waals surface area contributed by atoms with Crippen molar-refractivity contribution < 1.29 is 8.42 Å². The quantitative estimate of drug-likeness (QED) is 0.780. The average molecular weight is 359 g/mol. The molecular weight excluding hydrogens is 344 g/mol. The minimum atomic E-state index is -3.46. The van der Waals surface area contributed by atoms with Gasteiger partial charge in [0.05, 0.1) is 10.8 Å². The zero-order valence-electron chi connectivity index (χ0n) is 12.8. The van der Waals surface area contributed by atoms with Crippen LogP contribution >= 0.6 is 11.6 Å². The van der Waals surface area contributed by atoms with E-state index in [2.05, 4.69) is 4.40 Å². The molecule has 0 aliphatic carbocycles. The number of allylic oxidation sites excluding steroid dienone is 2. The number of amidine groups is 1. The summed E-state index contributed by atoms with van der Waals surface area (Å²) in [6, 6.07) is 14.1. The Labute approximate surface area is 145 Å². The second-order valence-corrected chi connectivity index (χ2v) is 8.07. The largest absolute Gasteiger partial charge is 0.330 e. The lowest BCUT2D eigenvalue weighted by atomic mass is 9.98. The number of hydrogen-bond donors (Lipinski definition) is 0. The van der Waals surface area contributed by atoms with Gasteiger partial charge in [0, 0.05) is 18.3 Å². The van der Waals surface area contributed by atoms with E-state index in [0.29, 0.717) is 23.8 Å². The van der Waals surface area contributed by atoms with Crippen LogP contribution in [0.25, 0.3) is 16.3 Å². The van der Waals surface area contributed by atoms with Crippen molar-refractivity contribution in [3.63, 3.8) is 0 Å². The van der Waals surface area contributed by atoms with E-state index in [-0.39, 0.29) is 5.75 Å². The molecule has 2 aromatic carbocycles. The molecule has 2 aliphatic heterocycles. The normalized spacial score (nSPS) is 19.9. The van der Waals surface area contributed by atoms with Crippen LogP contribution in [0.5, 0.6) is 0 Å². The van der Waals surface area contributed by atoms with Gasteiger partial charge in [-0.05, 0) is 34.9 Å². The monoisotopic (exact) mass is 358 g/mol. The van der Waals surface area contributed by atoms with Gasteiger partial charge >= 0.3 is 0 Å². The fourth-order valence-electron chi connectivity index (χ4n) is 3.04. The molecule has 0 saturated carbocycles. The second-order valence-electron chi connectivity index (χ2n) is 5.88. The third kappa shape index (κ3) is 2.85. The number of fused-ring (bicyclic) bond motifs is 2. The first-order valence-electron chi connectivity index (χ1n) is 7.70. The topological polar surface area (TPSA) is 49.7 Å². The van der Waals surface area contributed by atoms with Crippen LogP contribution in [0.1, 0.15) is 12.0 Å². The highest BCUT2D eigenvalue weighted by atomic mass is 35.5. The minimum absolute atomic E-state index is 0.0590. The van der Waals surface area contributed by atoms with E-state index in [4.69, 9.17) is 11.6 Å². The molecule has 0 N–H and O–H groups in total. The van der Waals surface area contributed by atoms with Gasteiger partial charge in [-0.15, -0.1) is 4.40 Å². The highest BCUT2D eigenvalue weighted by molar-refractivity contribution is 7.90. The molecule has 0 spiro atoms. The molecule has 0 saturated heterocycles. The van der Waals surface area contributed by atoms with Crippen molar-refractivity contribution in [2.45, 2.75) is 6.42 Å². The molecule has 0 radical (unpaired) electrons. The van der Waals surface area contributed by atoms with E-state index in [1.807, 2.05) is 47.4 Å². The highest BCUT2D eigenvalue weighted by Crippen LogP contribution is 2.30. The molecule has 4 nitrogen and oxygen atoms in total. The van der Waals surface area contributed by atoms with Crippen LogP contribution in [-0.2, 0) is 10.0 Å². The summed E-state index contributed by atoms with van der Waals surface area (Å²) in [6.45, 7) is 0.583. The number of sulfonamides is 1. The number of nitrogens with zero attached hydrogens (tertiary/aromatic N) is 2. The van der Waals surface area contributed by atoms with E-state index < -0.39 is 10.0 Å². The van der Waals surface area contributed by atoms with Crippen molar-refractivity contribution in [1.29, 1.82) is 0 Å². The summed E-state index contributed by atoms with van der Waals surface area (Å²) in [5, 5.41) is 2.79. The molecule has 0 amide bonds. The summed E-state index contributed by atoms with van der Waals surface area (Å²) in [5.74, 6) is 0.510. The van der Waals surface area contributed by atoms with Crippen LogP contribution in [-0.4, -0.2) is 31.5 Å². The molecule has 6 heteroatoms. The minimum Gasteiger partial charge on any atom is -0.330 e. The molecule has 2 aliphatic rings. The summed E-state index contributed by atoms with van der Waals surface area (Å²) in [7, 11) is -3.46. The van der Waals surface area contributed by atoms with E-state index in [1.54, 1.807) is 12.3 Å². The first kappa shape index (κ1) is 15.4. The molecule has 0 atom stereocenters. The van der Waals surface area contributed by atoms with Crippen LogP contribution in [0.3, 0.4) is 0 Å². The van der Waals surface area contributed by atoms with Crippen molar-refractivity contribution in [3.05, 3.63) is 65.3 Å². The lowest BCUT2D eigenvalue weighted by molar-refractivity contribution is 0.553. The Morgan fingerprint density at radius 2 is 1.88 bits per heavy atom. The second kappa shape index (κ2) is 5.76. The Balaban J connectivity index is 1.90. The lowest BCUT2D eigenvalue weighted by Crippen LogP contribution is -2.29. The van der Waals surface area contributed by atoms with Gasteiger partial charge in [0.2, 0.25) is 0 Å². The number of hydrogen-bond acceptors (Lipinski definition) is 3. The van der Waals surface area contributed by atoms with Crippen molar-refractivity contribution >= 4 is 43.8 Å². The average Bonchev–Trinajstić information content (AvgIpc) is 2.71. The van der Waals surface area contributed by atoms with Crippen molar-refractivity contribution in [2.75, 3.05) is 12.3 Å². The van der Waals surface area contributed by atoms with E-state index in [0.717, 1.165) is 21.9 Å². The van der Waals surface area contributed by atoms with Gasteiger partial charge in [-0.3, -0.25) is 0 Å². The van der Waals surface area contributed by atoms with Gasteiger partial charge in [0.15, 0.2) is 5.84 Å². The molecule has 0 fully saturated rings. The molecule has 2 heterocycles. The van der Waals surface area contributed by atoms with E-state index >= 15 is 0 Å². The summed E-state index contributed by atoms with van der Waals surface area (Å²) in [6.07, 6.45) is 4.05. The predicted molar refractivity (Wildman–Crippen MR) is 98.4 cm³/mol. The first-order chi connectivity index (χ1) is 11.5. The number of rotatable bonds is 1. The predicted octanol–water partition coefficient (Wildman–Crippen LogP) is 3.75. The van der Waals surface area contributed by atoms with Gasteiger partial charge in [-0.1, -0.05) is 48.0 Å². The molecule has 2 aromatic rings. The maximum atomic E-state index is 12.1. The standard InChI is InChI=1S/C18H15ClN2O2S/c19-16-11-17(15-7-6-13-4-1-2-5-14(13)10-15)18-20-24(22,23)9-3-8-21(18)12-16/h1-2,4-7,10-12H,3,8-9H2. The molecule has 4 rings (SSSR count). The smallest absolute Gasteiger partial charge is 0.255 e. The molecule has 122 valence electrons. The van der Waals surface area contributed by atoms with Crippen LogP contribution < -0.4 is 0 Å². The fourth-order valence-corrected chi connectivity index (χ4v) is 4.32.